The number of carbonyl (C=O) groups is 1. The summed E-state index contributed by atoms with van der Waals surface area (Å²) in [5, 5.41) is 15.5. The third-order valence-corrected chi connectivity index (χ3v) is 9.22. The fraction of sp³-hybridized carbons (Fsp3) is 0.559. The first kappa shape index (κ1) is 31.8. The van der Waals surface area contributed by atoms with Crippen molar-refractivity contribution in [3.63, 3.8) is 0 Å². The number of hydrogen-bond acceptors (Lipinski definition) is 10. The molecule has 0 N–H and O–H groups in total. The van der Waals surface area contributed by atoms with Crippen LogP contribution in [0.25, 0.3) is 10.9 Å². The molecule has 3 aliphatic rings. The van der Waals surface area contributed by atoms with Gasteiger partial charge in [0.1, 0.15) is 11.9 Å². The zero-order valence-electron chi connectivity index (χ0n) is 27.5. The van der Waals surface area contributed by atoms with Crippen molar-refractivity contribution >= 4 is 28.3 Å². The molecule has 1 amide bonds. The van der Waals surface area contributed by atoms with Crippen LogP contribution >= 0.6 is 0 Å². The molecule has 0 radical (unpaired) electrons. The van der Waals surface area contributed by atoms with E-state index in [-0.39, 0.29) is 30.7 Å². The zero-order chi connectivity index (χ0) is 32.4. The van der Waals surface area contributed by atoms with Crippen LogP contribution < -0.4 is 14.5 Å². The summed E-state index contributed by atoms with van der Waals surface area (Å²) in [5.41, 5.74) is 5.47. The lowest BCUT2D eigenvalue weighted by Gasteiger charge is -2.42. The first-order chi connectivity index (χ1) is 22.3. The summed E-state index contributed by atoms with van der Waals surface area (Å²) in [6.45, 7) is 12.3. The fourth-order valence-corrected chi connectivity index (χ4v) is 7.14. The van der Waals surface area contributed by atoms with Gasteiger partial charge in [0.25, 0.3) is 0 Å². The molecule has 12 nitrogen and oxygen atoms in total. The van der Waals surface area contributed by atoms with Gasteiger partial charge < -0.3 is 29.1 Å². The maximum Gasteiger partial charge on any atom is 0.318 e. The topological polar surface area (TPSA) is 116 Å². The third-order valence-electron chi connectivity index (χ3n) is 9.22. The second-order valence-electron chi connectivity index (χ2n) is 12.9. The highest BCUT2D eigenvalue weighted by atomic mass is 16.5. The Balaban J connectivity index is 1.35. The van der Waals surface area contributed by atoms with Gasteiger partial charge in [0, 0.05) is 50.3 Å². The van der Waals surface area contributed by atoms with Gasteiger partial charge in [-0.15, -0.1) is 0 Å². The predicted octanol–water partition coefficient (Wildman–Crippen LogP) is 3.84. The minimum Gasteiger partial charge on any atom is -0.459 e. The maximum atomic E-state index is 12.6. The highest BCUT2D eigenvalue weighted by Crippen LogP contribution is 2.38. The Morgan fingerprint density at radius 1 is 1.24 bits per heavy atom. The Morgan fingerprint density at radius 2 is 2.09 bits per heavy atom. The number of benzene rings is 1. The van der Waals surface area contributed by atoms with E-state index in [0.29, 0.717) is 32.2 Å². The van der Waals surface area contributed by atoms with Gasteiger partial charge in [-0.05, 0) is 71.3 Å². The molecule has 0 aliphatic carbocycles. The fourth-order valence-electron chi connectivity index (χ4n) is 7.14. The zero-order valence-corrected chi connectivity index (χ0v) is 27.5. The van der Waals surface area contributed by atoms with E-state index in [1.807, 2.05) is 31.9 Å². The molecule has 3 aliphatic heterocycles. The molecule has 5 heterocycles. The Bertz CT molecular complexity index is 1620. The van der Waals surface area contributed by atoms with Crippen LogP contribution in [0.1, 0.15) is 55.7 Å². The second kappa shape index (κ2) is 13.6. The van der Waals surface area contributed by atoms with E-state index < -0.39 is 0 Å². The number of aromatic nitrogens is 4. The highest BCUT2D eigenvalue weighted by molar-refractivity contribution is 5.94. The Kier molecular flexibility index (Phi) is 9.42. The first-order valence-electron chi connectivity index (χ1n) is 16.4. The molecule has 12 heteroatoms. The van der Waals surface area contributed by atoms with E-state index in [0.717, 1.165) is 73.4 Å². The van der Waals surface area contributed by atoms with E-state index >= 15 is 0 Å². The van der Waals surface area contributed by atoms with Crippen LogP contribution in [0, 0.1) is 18.3 Å². The van der Waals surface area contributed by atoms with Crippen molar-refractivity contribution in [3.05, 3.63) is 47.8 Å². The van der Waals surface area contributed by atoms with Crippen LogP contribution in [-0.2, 0) is 22.5 Å². The maximum absolute atomic E-state index is 12.6. The van der Waals surface area contributed by atoms with Crippen molar-refractivity contribution in [3.8, 4) is 12.1 Å². The summed E-state index contributed by atoms with van der Waals surface area (Å²) in [4.78, 5) is 31.0. The average molecular weight is 628 g/mol. The van der Waals surface area contributed by atoms with Crippen molar-refractivity contribution < 1.29 is 14.3 Å². The third kappa shape index (κ3) is 6.39. The summed E-state index contributed by atoms with van der Waals surface area (Å²) in [6, 6.07) is 6.70. The average Bonchev–Trinajstić information content (AvgIpc) is 3.48. The Hall–Kier alpha value is -4.21. The summed E-state index contributed by atoms with van der Waals surface area (Å²) < 4.78 is 14.4. The van der Waals surface area contributed by atoms with Crippen LogP contribution in [0.15, 0.2) is 31.0 Å². The van der Waals surface area contributed by atoms with Crippen LogP contribution in [0.2, 0.25) is 0 Å². The van der Waals surface area contributed by atoms with Crippen molar-refractivity contribution in [1.29, 1.82) is 5.26 Å². The van der Waals surface area contributed by atoms with E-state index in [1.165, 1.54) is 17.3 Å². The largest absolute Gasteiger partial charge is 0.459 e. The van der Waals surface area contributed by atoms with Gasteiger partial charge in [-0.25, -0.2) is 4.68 Å². The number of amides is 1. The minimum atomic E-state index is -0.253. The highest BCUT2D eigenvalue weighted by Gasteiger charge is 2.34. The normalized spacial score (nSPS) is 20.8. The van der Waals surface area contributed by atoms with Gasteiger partial charge in [0.05, 0.1) is 48.2 Å². The predicted molar refractivity (Wildman–Crippen MR) is 177 cm³/mol. The monoisotopic (exact) mass is 627 g/mol. The molecule has 6 rings (SSSR count). The molecular formula is C34H45N9O3. The molecule has 0 bridgehead atoms. The summed E-state index contributed by atoms with van der Waals surface area (Å²) in [6.07, 6.45) is 7.36. The molecule has 2 unspecified atom stereocenters. The van der Waals surface area contributed by atoms with Crippen LogP contribution in [-0.4, -0.2) is 101 Å². The molecule has 3 atom stereocenters. The number of piperazine rings is 1. The van der Waals surface area contributed by atoms with Crippen molar-refractivity contribution in [2.45, 2.75) is 70.9 Å². The molecule has 2 saturated heterocycles. The van der Waals surface area contributed by atoms with Gasteiger partial charge in [0.15, 0.2) is 6.23 Å². The minimum absolute atomic E-state index is 0.0323. The molecule has 244 valence electrons. The van der Waals surface area contributed by atoms with Crippen molar-refractivity contribution in [1.82, 2.24) is 29.5 Å². The number of carbonyl (C=O) groups excluding carboxylic acids is 1. The van der Waals surface area contributed by atoms with Crippen LogP contribution in [0.4, 0.5) is 11.5 Å². The van der Waals surface area contributed by atoms with Gasteiger partial charge in [-0.1, -0.05) is 12.6 Å². The number of anilines is 2. The Morgan fingerprint density at radius 3 is 2.83 bits per heavy atom. The van der Waals surface area contributed by atoms with E-state index in [4.69, 9.17) is 24.5 Å². The standard InChI is InChI=1S/C34H45N9O3/c1-6-30(44)42-17-16-41(21-25(42)12-14-35)33-26-13-15-40(22-28(26)37-34(38-33)46-24(3)20-39(4)5)32-23(2)10-11-29-27(32)19-36-43(29)31-9-7-8-18-45-31/h6,10-11,19,24-25,31H,1,7-9,12-13,15-18,20-22H2,2-5H3/t24-,25?,31?/m1/s1. The SMILES string of the molecule is C=CC(=O)N1CCN(c2nc(O[C@H](C)CN(C)C)nc3c2CCN(c2c(C)ccc4c2cnn4C2CCCCO2)C3)CC1CC#N. The molecule has 46 heavy (non-hydrogen) atoms. The lowest BCUT2D eigenvalue weighted by Crippen LogP contribution is -2.55. The van der Waals surface area contributed by atoms with Gasteiger partial charge in [-0.2, -0.15) is 20.3 Å². The van der Waals surface area contributed by atoms with Crippen molar-refractivity contribution in [2.24, 2.45) is 0 Å². The quantitative estimate of drug-likeness (QED) is 0.324. The molecular weight excluding hydrogens is 582 g/mol. The van der Waals surface area contributed by atoms with E-state index in [9.17, 15) is 10.1 Å². The molecule has 0 saturated carbocycles. The van der Waals surface area contributed by atoms with E-state index in [2.05, 4.69) is 46.4 Å². The van der Waals surface area contributed by atoms with Gasteiger partial charge in [-0.3, -0.25) is 4.79 Å². The second-order valence-corrected chi connectivity index (χ2v) is 12.9. The summed E-state index contributed by atoms with van der Waals surface area (Å²) in [7, 11) is 4.03. The molecule has 2 aromatic heterocycles. The number of nitriles is 1. The number of rotatable bonds is 9. The molecule has 3 aromatic rings. The summed E-state index contributed by atoms with van der Waals surface area (Å²) >= 11 is 0. The number of hydrogen-bond donors (Lipinski definition) is 0. The number of fused-ring (bicyclic) bond motifs is 2. The van der Waals surface area contributed by atoms with E-state index in [1.54, 1.807) is 4.90 Å². The smallest absolute Gasteiger partial charge is 0.318 e. The number of likely N-dealkylation sites (N-methyl/N-ethyl adjacent to an activating group) is 1. The number of ether oxygens (including phenoxy) is 2. The molecule has 1 aromatic carbocycles. The van der Waals surface area contributed by atoms with Gasteiger partial charge >= 0.3 is 6.01 Å². The first-order valence-corrected chi connectivity index (χ1v) is 16.4. The summed E-state index contributed by atoms with van der Waals surface area (Å²) in [5.74, 6) is 0.687. The Labute approximate surface area is 271 Å². The van der Waals surface area contributed by atoms with Crippen LogP contribution in [0.5, 0.6) is 6.01 Å². The van der Waals surface area contributed by atoms with Crippen LogP contribution in [0.3, 0.4) is 0 Å². The number of nitrogens with zero attached hydrogens (tertiary/aromatic N) is 9. The number of aryl methyl sites for hydroxylation is 1. The lowest BCUT2D eigenvalue weighted by atomic mass is 10.0. The molecule has 0 spiro atoms. The van der Waals surface area contributed by atoms with Crippen molar-refractivity contribution in [2.75, 3.05) is 63.2 Å². The molecule has 2 fully saturated rings. The van der Waals surface area contributed by atoms with Gasteiger partial charge in [0.2, 0.25) is 5.91 Å². The lowest BCUT2D eigenvalue weighted by molar-refractivity contribution is -0.128.